The Morgan fingerprint density at radius 1 is 0.537 bits per heavy atom. The van der Waals surface area contributed by atoms with Crippen LogP contribution in [0.25, 0.3) is 0 Å². The molecule has 2 aliphatic heterocycles. The Morgan fingerprint density at radius 3 is 1.51 bits per heavy atom. The van der Waals surface area contributed by atoms with Crippen LogP contribution < -0.4 is 82.7 Å². The number of nitrogens with zero attached hydrogens (tertiary/aromatic N) is 3. The van der Waals surface area contributed by atoms with Crippen LogP contribution in [-0.4, -0.2) is 198 Å². The quantitative estimate of drug-likeness (QED) is 0.0173. The van der Waals surface area contributed by atoms with Crippen LogP contribution in [0.15, 0.2) is 65.7 Å². The maximum absolute atomic E-state index is 14.7. The van der Waals surface area contributed by atoms with Crippen molar-refractivity contribution in [3.05, 3.63) is 71.8 Å². The Balaban J connectivity index is 1.56. The number of thioether (sulfide) groups is 1. The molecule has 0 radical (unpaired) electrons. The molecule has 2 fully saturated rings. The summed E-state index contributed by atoms with van der Waals surface area (Å²) in [5, 5.41) is 21.1. The van der Waals surface area contributed by atoms with Gasteiger partial charge < -0.3 is 92.5 Å². The molecule has 524 valence electrons. The predicted octanol–water partition coefficient (Wildman–Crippen LogP) is -3.71. The fourth-order valence-electron chi connectivity index (χ4n) is 11.0. The number of unbranched alkanes of at least 4 members (excludes halogenated alkanes) is 1. The summed E-state index contributed by atoms with van der Waals surface area (Å²) in [6.07, 6.45) is 3.12. The average molecular weight is 1350 g/mol. The number of nitrogens with one attached hydrogen (secondary N) is 8. The maximum Gasteiger partial charge on any atom is 0.245 e. The minimum absolute atomic E-state index is 0.0736. The highest BCUT2D eigenvalue weighted by Crippen LogP contribution is 2.24. The normalized spacial score (nSPS) is 16.8. The van der Waals surface area contributed by atoms with E-state index in [4.69, 9.17) is 40.1 Å². The van der Waals surface area contributed by atoms with Crippen molar-refractivity contribution >= 4 is 94.5 Å². The van der Waals surface area contributed by atoms with E-state index in [1.807, 2.05) is 20.1 Å². The molecule has 2 saturated heterocycles. The van der Waals surface area contributed by atoms with Gasteiger partial charge in [0, 0.05) is 45.3 Å². The van der Waals surface area contributed by atoms with E-state index in [1.165, 1.54) is 21.6 Å². The van der Waals surface area contributed by atoms with E-state index >= 15 is 0 Å². The van der Waals surface area contributed by atoms with Crippen LogP contribution in [0.2, 0.25) is 0 Å². The number of benzene rings is 2. The number of nitrogens with two attached hydrogens (primary N) is 7. The number of guanidine groups is 1. The van der Waals surface area contributed by atoms with Crippen LogP contribution in [0.4, 0.5) is 0 Å². The Bertz CT molecular complexity index is 2960. The Hall–Kier alpha value is -8.91. The molecule has 22 N–H and O–H groups in total. The number of amides is 13. The van der Waals surface area contributed by atoms with Crippen LogP contribution >= 0.6 is 11.8 Å². The lowest BCUT2D eigenvalue weighted by molar-refractivity contribution is -0.144. The van der Waals surface area contributed by atoms with Crippen LogP contribution in [-0.2, 0) is 75.2 Å². The third kappa shape index (κ3) is 27.5. The van der Waals surface area contributed by atoms with Crippen LogP contribution in [0.1, 0.15) is 121 Å². The lowest BCUT2D eigenvalue weighted by Crippen LogP contribution is -2.60. The highest BCUT2D eigenvalue weighted by Gasteiger charge is 2.42. The van der Waals surface area contributed by atoms with Gasteiger partial charge in [0.25, 0.3) is 0 Å². The summed E-state index contributed by atoms with van der Waals surface area (Å²) in [7, 11) is 0. The van der Waals surface area contributed by atoms with E-state index in [-0.39, 0.29) is 83.0 Å². The van der Waals surface area contributed by atoms with Gasteiger partial charge in [0.15, 0.2) is 5.96 Å². The van der Waals surface area contributed by atoms with Crippen molar-refractivity contribution in [2.75, 3.05) is 44.7 Å². The smallest absolute Gasteiger partial charge is 0.245 e. The highest BCUT2D eigenvalue weighted by molar-refractivity contribution is 7.98. The Kier molecular flexibility index (Phi) is 33.9. The molecule has 0 unspecified atom stereocenters. The summed E-state index contributed by atoms with van der Waals surface area (Å²) in [6.45, 7) is 3.86. The number of carbonyl (C=O) groups is 13. The van der Waals surface area contributed by atoms with Crippen molar-refractivity contribution in [3.8, 4) is 0 Å². The van der Waals surface area contributed by atoms with Gasteiger partial charge in [-0.15, -0.1) is 0 Å². The highest BCUT2D eigenvalue weighted by atomic mass is 32.2. The monoisotopic (exact) mass is 1350 g/mol. The second-order valence-corrected chi connectivity index (χ2v) is 25.1. The molecule has 32 heteroatoms. The predicted molar refractivity (Wildman–Crippen MR) is 356 cm³/mol. The number of hydrogen-bond donors (Lipinski definition) is 15. The number of primary amides is 3. The van der Waals surface area contributed by atoms with Gasteiger partial charge in [0.05, 0.1) is 12.6 Å². The van der Waals surface area contributed by atoms with E-state index in [2.05, 4.69) is 47.5 Å². The fraction of sp³-hybridized carbons (Fsp3) is 0.587. The van der Waals surface area contributed by atoms with Crippen molar-refractivity contribution in [1.82, 2.24) is 52.3 Å². The van der Waals surface area contributed by atoms with Crippen molar-refractivity contribution in [2.45, 2.75) is 183 Å². The molecular weight excluding hydrogens is 1250 g/mol. The number of rotatable bonds is 42. The molecule has 31 nitrogen and oxygen atoms in total. The second-order valence-electron chi connectivity index (χ2n) is 24.1. The number of likely N-dealkylation sites (tertiary alicyclic amines) is 2. The summed E-state index contributed by atoms with van der Waals surface area (Å²) >= 11 is 1.45. The first-order valence-electron chi connectivity index (χ1n) is 32.2. The molecule has 0 spiro atoms. The van der Waals surface area contributed by atoms with E-state index < -0.39 is 169 Å². The van der Waals surface area contributed by atoms with Gasteiger partial charge >= 0.3 is 0 Å². The summed E-state index contributed by atoms with van der Waals surface area (Å²) in [5.74, 6) is -9.80. The molecule has 10 atom stereocenters. The molecule has 0 bridgehead atoms. The summed E-state index contributed by atoms with van der Waals surface area (Å²) in [5.41, 5.74) is 40.6. The largest absolute Gasteiger partial charge is 0.370 e. The molecule has 13 amide bonds. The molecule has 2 heterocycles. The van der Waals surface area contributed by atoms with E-state index in [0.29, 0.717) is 55.4 Å². The van der Waals surface area contributed by atoms with Crippen LogP contribution in [0, 0.1) is 5.92 Å². The van der Waals surface area contributed by atoms with E-state index in [0.717, 1.165) is 0 Å². The first kappa shape index (κ1) is 78.5. The minimum atomic E-state index is -1.64. The first-order valence-corrected chi connectivity index (χ1v) is 33.6. The zero-order valence-electron chi connectivity index (χ0n) is 54.5. The van der Waals surface area contributed by atoms with Crippen molar-refractivity contribution in [2.24, 2.45) is 51.0 Å². The maximum atomic E-state index is 14.7. The second kappa shape index (κ2) is 41.0. The minimum Gasteiger partial charge on any atom is -0.370 e. The standard InChI is InChI=1S/C63H98N18O13S/c1-37(2)33-45(57(89)74-41(53(68)85)27-32-95-3)73-52(84)36-72-54(86)46(34-38-15-6-4-7-16-38)78-58(90)47(35-39-17-8-5-9-18-39)79-56(88)42(23-25-50(66)82)75-55(87)43(24-26-51(67)83)76-59(91)49-22-14-31-81(49)62(94)44(20-10-11-28-64)77-60(92)48-21-13-30-80(48)61(93)40(65)19-12-29-71-63(69)70/h4-9,15-18,37,40-49H,10-14,19-36,64-65H2,1-3H3,(H2,66,82)(H2,67,83)(H2,68,85)(H,72,86)(H,73,84)(H,74,89)(H,75,87)(H,76,91)(H,77,92)(H,78,90)(H,79,88)(H4,69,70,71)/t40-,41-,42-,43-,44+,45-,46-,47+,48-,49-/m0/s1. The van der Waals surface area contributed by atoms with Crippen LogP contribution in [0.5, 0.6) is 0 Å². The fourth-order valence-corrected chi connectivity index (χ4v) is 11.5. The first-order chi connectivity index (χ1) is 45.2. The molecular formula is C63H98N18O13S. The Morgan fingerprint density at radius 2 is 1.01 bits per heavy atom. The molecule has 0 aromatic heterocycles. The van der Waals surface area contributed by atoms with E-state index in [1.54, 1.807) is 60.7 Å². The zero-order valence-corrected chi connectivity index (χ0v) is 55.3. The molecule has 2 aromatic carbocycles. The number of aliphatic imine (C=N–C) groups is 1. The third-order valence-electron chi connectivity index (χ3n) is 16.0. The van der Waals surface area contributed by atoms with Crippen LogP contribution in [0.3, 0.4) is 0 Å². The van der Waals surface area contributed by atoms with Crippen molar-refractivity contribution < 1.29 is 62.3 Å². The zero-order chi connectivity index (χ0) is 70.1. The molecule has 0 aliphatic carbocycles. The van der Waals surface area contributed by atoms with Gasteiger partial charge in [-0.2, -0.15) is 11.8 Å². The van der Waals surface area contributed by atoms with Gasteiger partial charge in [-0.3, -0.25) is 67.3 Å². The van der Waals surface area contributed by atoms with E-state index in [9.17, 15) is 62.3 Å². The Labute approximate surface area is 558 Å². The summed E-state index contributed by atoms with van der Waals surface area (Å²) in [6, 6.07) is 4.51. The molecule has 95 heavy (non-hydrogen) atoms. The van der Waals surface area contributed by atoms with Crippen molar-refractivity contribution in [1.29, 1.82) is 0 Å². The topological polar surface area (TPSA) is 519 Å². The van der Waals surface area contributed by atoms with Gasteiger partial charge in [-0.05, 0) is 119 Å². The van der Waals surface area contributed by atoms with Gasteiger partial charge in [-0.25, -0.2) is 0 Å². The van der Waals surface area contributed by atoms with Gasteiger partial charge in [0.1, 0.15) is 54.4 Å². The third-order valence-corrected chi connectivity index (χ3v) is 16.7. The molecule has 4 rings (SSSR count). The number of hydrogen-bond acceptors (Lipinski definition) is 17. The lowest BCUT2D eigenvalue weighted by Gasteiger charge is -2.32. The average Bonchev–Trinajstić information content (AvgIpc) is 1.74. The van der Waals surface area contributed by atoms with Gasteiger partial charge in [0.2, 0.25) is 76.8 Å². The summed E-state index contributed by atoms with van der Waals surface area (Å²) in [4.78, 5) is 185. The molecule has 2 aliphatic rings. The molecule has 2 aromatic rings. The SMILES string of the molecule is CSCC[C@H](NC(=O)[C@H](CC(C)C)NC(=O)CNC(=O)[C@H](Cc1ccccc1)NC(=O)[C@@H](Cc1ccccc1)NC(=O)[C@H](CCC(N)=O)NC(=O)[C@H](CCC(N)=O)NC(=O)[C@@H]1CCCN1C(=O)[C@@H](CCCCN)NC(=O)[C@@H]1CCCN1C(=O)[C@@H](N)CCCN=C(N)N)C(N)=O. The number of carbonyl (C=O) groups excluding carboxylic acids is 13. The summed E-state index contributed by atoms with van der Waals surface area (Å²) < 4.78 is 0. The molecule has 0 saturated carbocycles. The van der Waals surface area contributed by atoms with Gasteiger partial charge in [-0.1, -0.05) is 74.5 Å². The van der Waals surface area contributed by atoms with Crippen molar-refractivity contribution in [3.63, 3.8) is 0 Å². The lowest BCUT2D eigenvalue weighted by atomic mass is 10.0.